The number of para-hydroxylation sites is 1. The minimum atomic E-state index is 0.223. The predicted octanol–water partition coefficient (Wildman–Crippen LogP) is 3.24. The van der Waals surface area contributed by atoms with E-state index in [2.05, 4.69) is 25.2 Å². The summed E-state index contributed by atoms with van der Waals surface area (Å²) in [6, 6.07) is 8.45. The zero-order valence-electron chi connectivity index (χ0n) is 11.9. The molecule has 0 amide bonds. The summed E-state index contributed by atoms with van der Waals surface area (Å²) in [6.07, 6.45) is 0.784. The number of nitrogens with one attached hydrogen (secondary N) is 1. The Morgan fingerprint density at radius 3 is 2.68 bits per heavy atom. The minimum absolute atomic E-state index is 0.223. The average molecular weight is 261 g/mol. The number of furan rings is 1. The van der Waals surface area contributed by atoms with Gasteiger partial charge in [0.15, 0.2) is 0 Å². The highest BCUT2D eigenvalue weighted by Gasteiger charge is 2.15. The van der Waals surface area contributed by atoms with Crippen molar-refractivity contribution in [2.45, 2.75) is 39.8 Å². The van der Waals surface area contributed by atoms with Crippen molar-refractivity contribution < 1.29 is 9.52 Å². The van der Waals surface area contributed by atoms with Gasteiger partial charge in [-0.1, -0.05) is 32.0 Å². The van der Waals surface area contributed by atoms with E-state index in [1.54, 1.807) is 0 Å². The second kappa shape index (κ2) is 6.22. The molecule has 1 unspecified atom stereocenters. The second-order valence-corrected chi connectivity index (χ2v) is 5.38. The van der Waals surface area contributed by atoms with Crippen LogP contribution in [-0.4, -0.2) is 17.8 Å². The van der Waals surface area contributed by atoms with Crippen LogP contribution in [0.15, 0.2) is 28.7 Å². The van der Waals surface area contributed by atoms with Crippen LogP contribution in [0.5, 0.6) is 0 Å². The molecular weight excluding hydrogens is 238 g/mol. The van der Waals surface area contributed by atoms with Gasteiger partial charge in [-0.25, -0.2) is 0 Å². The molecule has 2 rings (SSSR count). The molecule has 0 aliphatic rings. The minimum Gasteiger partial charge on any atom is -0.461 e. The van der Waals surface area contributed by atoms with Crippen molar-refractivity contribution in [1.29, 1.82) is 0 Å². The first kappa shape index (κ1) is 14.1. The van der Waals surface area contributed by atoms with Crippen LogP contribution in [0.25, 0.3) is 11.0 Å². The van der Waals surface area contributed by atoms with E-state index >= 15 is 0 Å². The standard InChI is InChI=1S/C16H23NO2/c1-11(2)15(8-9-18)17-10-14-12(3)19-16-7-5-4-6-13(14)16/h4-7,11,15,17-18H,8-10H2,1-3H3. The molecule has 1 aromatic carbocycles. The Kier molecular flexibility index (Phi) is 4.61. The maximum atomic E-state index is 9.11. The van der Waals surface area contributed by atoms with Gasteiger partial charge < -0.3 is 14.8 Å². The molecule has 1 heterocycles. The van der Waals surface area contributed by atoms with Crippen molar-refractivity contribution in [3.8, 4) is 0 Å². The third-order valence-corrected chi connectivity index (χ3v) is 3.69. The normalized spacial score (nSPS) is 13.3. The van der Waals surface area contributed by atoms with Crippen LogP contribution in [0.1, 0.15) is 31.6 Å². The quantitative estimate of drug-likeness (QED) is 0.839. The number of aliphatic hydroxyl groups excluding tert-OH is 1. The molecule has 0 saturated carbocycles. The molecule has 1 aromatic heterocycles. The monoisotopic (exact) mass is 261 g/mol. The highest BCUT2D eigenvalue weighted by molar-refractivity contribution is 5.82. The summed E-state index contributed by atoms with van der Waals surface area (Å²) in [4.78, 5) is 0. The van der Waals surface area contributed by atoms with Crippen molar-refractivity contribution in [3.63, 3.8) is 0 Å². The van der Waals surface area contributed by atoms with Gasteiger partial charge in [-0.15, -0.1) is 0 Å². The molecule has 0 fully saturated rings. The second-order valence-electron chi connectivity index (χ2n) is 5.38. The lowest BCUT2D eigenvalue weighted by atomic mass is 10.0. The highest BCUT2D eigenvalue weighted by Crippen LogP contribution is 2.25. The molecule has 0 saturated heterocycles. The summed E-state index contributed by atoms with van der Waals surface area (Å²) in [7, 11) is 0. The van der Waals surface area contributed by atoms with Crippen LogP contribution in [0.3, 0.4) is 0 Å². The molecule has 0 aliphatic heterocycles. The lowest BCUT2D eigenvalue weighted by molar-refractivity contribution is 0.244. The molecule has 104 valence electrons. The van der Waals surface area contributed by atoms with Crippen LogP contribution in [0, 0.1) is 12.8 Å². The molecule has 0 radical (unpaired) electrons. The average Bonchev–Trinajstić information content (AvgIpc) is 2.70. The zero-order chi connectivity index (χ0) is 13.8. The Balaban J connectivity index is 2.14. The molecule has 0 aliphatic carbocycles. The van der Waals surface area contributed by atoms with E-state index in [-0.39, 0.29) is 6.61 Å². The summed E-state index contributed by atoms with van der Waals surface area (Å²) < 4.78 is 5.76. The van der Waals surface area contributed by atoms with Gasteiger partial charge in [-0.3, -0.25) is 0 Å². The summed E-state index contributed by atoms with van der Waals surface area (Å²) in [6.45, 7) is 7.36. The van der Waals surface area contributed by atoms with Crippen molar-refractivity contribution in [3.05, 3.63) is 35.6 Å². The molecule has 0 spiro atoms. The summed E-state index contributed by atoms with van der Waals surface area (Å²) in [5.74, 6) is 1.48. The molecule has 19 heavy (non-hydrogen) atoms. The molecular formula is C16H23NO2. The Hall–Kier alpha value is -1.32. The zero-order valence-corrected chi connectivity index (χ0v) is 11.9. The molecule has 2 N–H and O–H groups in total. The van der Waals surface area contributed by atoms with Crippen molar-refractivity contribution in [2.75, 3.05) is 6.61 Å². The van der Waals surface area contributed by atoms with Gasteiger partial charge in [-0.05, 0) is 25.3 Å². The van der Waals surface area contributed by atoms with Crippen LogP contribution < -0.4 is 5.32 Å². The summed E-state index contributed by atoms with van der Waals surface area (Å²) in [5.41, 5.74) is 2.17. The van der Waals surface area contributed by atoms with Crippen molar-refractivity contribution in [1.82, 2.24) is 5.32 Å². The van der Waals surface area contributed by atoms with E-state index in [0.717, 1.165) is 24.3 Å². The van der Waals surface area contributed by atoms with Crippen molar-refractivity contribution in [2.24, 2.45) is 5.92 Å². The highest BCUT2D eigenvalue weighted by atomic mass is 16.3. The van der Waals surface area contributed by atoms with Crippen LogP contribution in [0.2, 0.25) is 0 Å². The SMILES string of the molecule is Cc1oc2ccccc2c1CNC(CCO)C(C)C. The van der Waals surface area contributed by atoms with Crippen molar-refractivity contribution >= 4 is 11.0 Å². The Bertz CT molecular complexity index is 531. The number of hydrogen-bond acceptors (Lipinski definition) is 3. The largest absolute Gasteiger partial charge is 0.461 e. The lowest BCUT2D eigenvalue weighted by Crippen LogP contribution is -2.34. The van der Waals surface area contributed by atoms with Gasteiger partial charge in [0.1, 0.15) is 11.3 Å². The van der Waals surface area contributed by atoms with E-state index in [0.29, 0.717) is 12.0 Å². The van der Waals surface area contributed by atoms with Crippen LogP contribution in [0.4, 0.5) is 0 Å². The number of rotatable bonds is 6. The summed E-state index contributed by atoms with van der Waals surface area (Å²) >= 11 is 0. The van der Waals surface area contributed by atoms with E-state index in [1.165, 1.54) is 10.9 Å². The van der Waals surface area contributed by atoms with Crippen LogP contribution >= 0.6 is 0 Å². The number of aryl methyl sites for hydroxylation is 1. The fourth-order valence-electron chi connectivity index (χ4n) is 2.48. The fourth-order valence-corrected chi connectivity index (χ4v) is 2.48. The van der Waals surface area contributed by atoms with E-state index < -0.39 is 0 Å². The van der Waals surface area contributed by atoms with Crippen LogP contribution in [-0.2, 0) is 6.54 Å². The van der Waals surface area contributed by atoms with Gasteiger partial charge in [0.05, 0.1) is 0 Å². The first-order valence-electron chi connectivity index (χ1n) is 6.94. The molecule has 2 aromatic rings. The summed E-state index contributed by atoms with van der Waals surface area (Å²) in [5, 5.41) is 13.8. The number of fused-ring (bicyclic) bond motifs is 1. The molecule has 3 nitrogen and oxygen atoms in total. The molecule has 3 heteroatoms. The Morgan fingerprint density at radius 1 is 1.26 bits per heavy atom. The van der Waals surface area contributed by atoms with Gasteiger partial charge in [0.25, 0.3) is 0 Å². The van der Waals surface area contributed by atoms with E-state index in [9.17, 15) is 0 Å². The fraction of sp³-hybridized carbons (Fsp3) is 0.500. The third-order valence-electron chi connectivity index (χ3n) is 3.69. The number of aliphatic hydroxyl groups is 1. The topological polar surface area (TPSA) is 45.4 Å². The maximum Gasteiger partial charge on any atom is 0.134 e. The van der Waals surface area contributed by atoms with E-state index in [4.69, 9.17) is 9.52 Å². The smallest absolute Gasteiger partial charge is 0.134 e. The number of benzene rings is 1. The van der Waals surface area contributed by atoms with Gasteiger partial charge in [0.2, 0.25) is 0 Å². The van der Waals surface area contributed by atoms with Gasteiger partial charge >= 0.3 is 0 Å². The molecule has 0 bridgehead atoms. The van der Waals surface area contributed by atoms with E-state index in [1.807, 2.05) is 25.1 Å². The molecule has 1 atom stereocenters. The van der Waals surface area contributed by atoms with Gasteiger partial charge in [-0.2, -0.15) is 0 Å². The maximum absolute atomic E-state index is 9.11. The van der Waals surface area contributed by atoms with Gasteiger partial charge in [0, 0.05) is 30.1 Å². The Labute approximate surface area is 114 Å². The lowest BCUT2D eigenvalue weighted by Gasteiger charge is -2.21. The first-order chi connectivity index (χ1) is 9.13. The number of hydrogen-bond donors (Lipinski definition) is 2. The first-order valence-corrected chi connectivity index (χ1v) is 6.94. The third kappa shape index (κ3) is 3.17. The Morgan fingerprint density at radius 2 is 2.00 bits per heavy atom. The predicted molar refractivity (Wildman–Crippen MR) is 78.1 cm³/mol.